The summed E-state index contributed by atoms with van der Waals surface area (Å²) >= 11 is 0. The molecule has 0 aliphatic heterocycles. The van der Waals surface area contributed by atoms with Crippen molar-refractivity contribution in [1.82, 2.24) is 9.80 Å². The van der Waals surface area contributed by atoms with Gasteiger partial charge in [-0.3, -0.25) is 9.69 Å². The molecule has 0 aliphatic rings. The average molecular weight is 328 g/mol. The summed E-state index contributed by atoms with van der Waals surface area (Å²) in [7, 11) is 0. The van der Waals surface area contributed by atoms with Crippen LogP contribution in [-0.2, 0) is 11.3 Å². The van der Waals surface area contributed by atoms with E-state index in [0.717, 1.165) is 39.0 Å². The molecule has 1 amide bonds. The van der Waals surface area contributed by atoms with Crippen LogP contribution in [0, 0.1) is 0 Å². The quantitative estimate of drug-likeness (QED) is 0.718. The standard InChI is InChI=1S/C17H29N3O.ClH/c1-3-11-20(12-4-2)17(21)15-19(13-10-18)14-16-8-6-5-7-9-16;/h5-9H,3-4,10-15,18H2,1-2H3;1H. The molecule has 1 rings (SSSR count). The Morgan fingerprint density at radius 1 is 1.05 bits per heavy atom. The van der Waals surface area contributed by atoms with Crippen LogP contribution in [0.15, 0.2) is 30.3 Å². The number of benzene rings is 1. The van der Waals surface area contributed by atoms with Crippen LogP contribution < -0.4 is 5.73 Å². The van der Waals surface area contributed by atoms with Crippen LogP contribution >= 0.6 is 12.4 Å². The summed E-state index contributed by atoms with van der Waals surface area (Å²) < 4.78 is 0. The zero-order chi connectivity index (χ0) is 15.5. The first-order chi connectivity index (χ1) is 10.2. The molecule has 0 spiro atoms. The maximum Gasteiger partial charge on any atom is 0.236 e. The second kappa shape index (κ2) is 12.4. The van der Waals surface area contributed by atoms with Gasteiger partial charge in [0.05, 0.1) is 6.54 Å². The molecule has 0 aliphatic carbocycles. The molecule has 0 aromatic heterocycles. The zero-order valence-corrected chi connectivity index (χ0v) is 14.6. The van der Waals surface area contributed by atoms with Crippen LogP contribution in [0.2, 0.25) is 0 Å². The Hall–Kier alpha value is -1.10. The lowest BCUT2D eigenvalue weighted by Crippen LogP contribution is -2.42. The maximum absolute atomic E-state index is 12.4. The van der Waals surface area contributed by atoms with Gasteiger partial charge in [0.15, 0.2) is 0 Å². The van der Waals surface area contributed by atoms with Gasteiger partial charge in [0.25, 0.3) is 0 Å². The third-order valence-corrected chi connectivity index (χ3v) is 3.39. The van der Waals surface area contributed by atoms with E-state index < -0.39 is 0 Å². The Morgan fingerprint density at radius 3 is 2.14 bits per heavy atom. The molecule has 126 valence electrons. The average Bonchev–Trinajstić information content (AvgIpc) is 2.48. The number of halogens is 1. The van der Waals surface area contributed by atoms with E-state index >= 15 is 0 Å². The fraction of sp³-hybridized carbons (Fsp3) is 0.588. The summed E-state index contributed by atoms with van der Waals surface area (Å²) in [4.78, 5) is 16.5. The number of rotatable bonds is 10. The predicted octanol–water partition coefficient (Wildman–Crippen LogP) is 2.52. The van der Waals surface area contributed by atoms with Crippen LogP contribution in [0.25, 0.3) is 0 Å². The molecule has 1 aromatic carbocycles. The molecule has 0 heterocycles. The lowest BCUT2D eigenvalue weighted by molar-refractivity contribution is -0.132. The molecule has 5 heteroatoms. The summed E-state index contributed by atoms with van der Waals surface area (Å²) in [6.07, 6.45) is 2.00. The zero-order valence-electron chi connectivity index (χ0n) is 13.8. The molecule has 0 saturated carbocycles. The number of carbonyl (C=O) groups excluding carboxylic acids is 1. The maximum atomic E-state index is 12.4. The van der Waals surface area contributed by atoms with Crippen molar-refractivity contribution in [3.63, 3.8) is 0 Å². The van der Waals surface area contributed by atoms with E-state index in [1.54, 1.807) is 0 Å². The Bertz CT molecular complexity index is 394. The minimum Gasteiger partial charge on any atom is -0.342 e. The number of nitrogens with two attached hydrogens (primary N) is 1. The molecular formula is C17H30ClN3O. The van der Waals surface area contributed by atoms with Crippen LogP contribution in [0.3, 0.4) is 0 Å². The highest BCUT2D eigenvalue weighted by Gasteiger charge is 2.16. The van der Waals surface area contributed by atoms with Gasteiger partial charge >= 0.3 is 0 Å². The fourth-order valence-corrected chi connectivity index (χ4v) is 2.43. The Kier molecular flexibility index (Phi) is 11.8. The molecule has 0 atom stereocenters. The van der Waals surface area contributed by atoms with E-state index in [4.69, 9.17) is 5.73 Å². The van der Waals surface area contributed by atoms with Gasteiger partial charge in [-0.2, -0.15) is 0 Å². The molecule has 0 radical (unpaired) electrons. The van der Waals surface area contributed by atoms with E-state index in [0.29, 0.717) is 13.1 Å². The molecule has 0 saturated heterocycles. The van der Waals surface area contributed by atoms with Gasteiger partial charge in [-0.15, -0.1) is 12.4 Å². The van der Waals surface area contributed by atoms with E-state index in [1.807, 2.05) is 23.1 Å². The third kappa shape index (κ3) is 7.78. The monoisotopic (exact) mass is 327 g/mol. The SMILES string of the molecule is CCCN(CCC)C(=O)CN(CCN)Cc1ccccc1.Cl. The second-order valence-electron chi connectivity index (χ2n) is 5.37. The smallest absolute Gasteiger partial charge is 0.236 e. The fourth-order valence-electron chi connectivity index (χ4n) is 2.43. The second-order valence-corrected chi connectivity index (χ2v) is 5.37. The largest absolute Gasteiger partial charge is 0.342 e. The molecule has 0 unspecified atom stereocenters. The van der Waals surface area contributed by atoms with Gasteiger partial charge in [-0.05, 0) is 18.4 Å². The van der Waals surface area contributed by atoms with Crippen molar-refractivity contribution in [1.29, 1.82) is 0 Å². The normalized spacial score (nSPS) is 10.4. The van der Waals surface area contributed by atoms with Gasteiger partial charge in [-0.1, -0.05) is 44.2 Å². The lowest BCUT2D eigenvalue weighted by Gasteiger charge is -2.27. The van der Waals surface area contributed by atoms with Gasteiger partial charge in [-0.25, -0.2) is 0 Å². The Morgan fingerprint density at radius 2 is 1.64 bits per heavy atom. The number of nitrogens with zero attached hydrogens (tertiary/aromatic N) is 2. The van der Waals surface area contributed by atoms with E-state index in [9.17, 15) is 4.79 Å². The van der Waals surface area contributed by atoms with Crippen molar-refractivity contribution in [3.05, 3.63) is 35.9 Å². The van der Waals surface area contributed by atoms with Crippen LogP contribution in [0.5, 0.6) is 0 Å². The molecule has 22 heavy (non-hydrogen) atoms. The Balaban J connectivity index is 0.00000441. The summed E-state index contributed by atoms with van der Waals surface area (Å²) in [5.74, 6) is 0.211. The van der Waals surface area contributed by atoms with Crippen LogP contribution in [0.1, 0.15) is 32.3 Å². The van der Waals surface area contributed by atoms with E-state index in [2.05, 4.69) is 30.9 Å². The van der Waals surface area contributed by atoms with Crippen molar-refractivity contribution in [2.75, 3.05) is 32.7 Å². The van der Waals surface area contributed by atoms with Crippen LogP contribution in [0.4, 0.5) is 0 Å². The van der Waals surface area contributed by atoms with Crippen molar-refractivity contribution in [3.8, 4) is 0 Å². The number of amides is 1. The minimum absolute atomic E-state index is 0. The summed E-state index contributed by atoms with van der Waals surface area (Å²) in [6, 6.07) is 10.2. The third-order valence-electron chi connectivity index (χ3n) is 3.39. The van der Waals surface area contributed by atoms with Gasteiger partial charge in [0, 0.05) is 32.7 Å². The van der Waals surface area contributed by atoms with Gasteiger partial charge in [0.2, 0.25) is 5.91 Å². The van der Waals surface area contributed by atoms with Gasteiger partial charge in [0.1, 0.15) is 0 Å². The topological polar surface area (TPSA) is 49.6 Å². The molecular weight excluding hydrogens is 298 g/mol. The minimum atomic E-state index is 0. The van der Waals surface area contributed by atoms with Crippen molar-refractivity contribution >= 4 is 18.3 Å². The highest BCUT2D eigenvalue weighted by molar-refractivity contribution is 5.85. The first-order valence-electron chi connectivity index (χ1n) is 7.95. The molecule has 4 nitrogen and oxygen atoms in total. The summed E-state index contributed by atoms with van der Waals surface area (Å²) in [5.41, 5.74) is 6.90. The number of hydrogen-bond acceptors (Lipinski definition) is 3. The first kappa shape index (κ1) is 20.9. The first-order valence-corrected chi connectivity index (χ1v) is 7.95. The molecule has 2 N–H and O–H groups in total. The molecule has 0 bridgehead atoms. The number of hydrogen-bond donors (Lipinski definition) is 1. The summed E-state index contributed by atoms with van der Waals surface area (Å²) in [6.45, 7) is 8.44. The van der Waals surface area contributed by atoms with Crippen LogP contribution in [-0.4, -0.2) is 48.4 Å². The predicted molar refractivity (Wildman–Crippen MR) is 95.2 cm³/mol. The number of carbonyl (C=O) groups is 1. The highest BCUT2D eigenvalue weighted by atomic mass is 35.5. The highest BCUT2D eigenvalue weighted by Crippen LogP contribution is 2.05. The molecule has 0 fully saturated rings. The van der Waals surface area contributed by atoms with Crippen molar-refractivity contribution in [2.45, 2.75) is 33.2 Å². The lowest BCUT2D eigenvalue weighted by atomic mass is 10.2. The molecule has 1 aromatic rings. The van der Waals surface area contributed by atoms with Gasteiger partial charge < -0.3 is 10.6 Å². The Labute approximate surface area is 141 Å². The van der Waals surface area contributed by atoms with E-state index in [1.165, 1.54) is 5.56 Å². The van der Waals surface area contributed by atoms with E-state index in [-0.39, 0.29) is 18.3 Å². The summed E-state index contributed by atoms with van der Waals surface area (Å²) in [5, 5.41) is 0. The van der Waals surface area contributed by atoms with Crippen molar-refractivity contribution in [2.24, 2.45) is 5.73 Å². The van der Waals surface area contributed by atoms with Crippen molar-refractivity contribution < 1.29 is 4.79 Å².